The van der Waals surface area contributed by atoms with E-state index in [0.717, 1.165) is 11.1 Å². The summed E-state index contributed by atoms with van der Waals surface area (Å²) < 4.78 is 37.3. The van der Waals surface area contributed by atoms with Crippen molar-refractivity contribution in [1.29, 1.82) is 0 Å². The molecule has 0 bridgehead atoms. The summed E-state index contributed by atoms with van der Waals surface area (Å²) >= 11 is 0. The molecule has 0 spiro atoms. The minimum absolute atomic E-state index is 0.304. The summed E-state index contributed by atoms with van der Waals surface area (Å²) in [5.41, 5.74) is -1.05. The second-order valence-corrected chi connectivity index (χ2v) is 2.96. The normalized spacial score (nSPS) is 12.0. The quantitative estimate of drug-likeness (QED) is 0.828. The van der Waals surface area contributed by atoms with Crippen molar-refractivity contribution in [1.82, 2.24) is 9.78 Å². The van der Waals surface area contributed by atoms with Crippen molar-refractivity contribution in [3.05, 3.63) is 11.8 Å². The third kappa shape index (κ3) is 2.40. The van der Waals surface area contributed by atoms with Gasteiger partial charge in [-0.1, -0.05) is 13.3 Å². The Morgan fingerprint density at radius 3 is 2.57 bits per heavy atom. The van der Waals surface area contributed by atoms with Crippen LogP contribution in [0.4, 0.5) is 13.2 Å². The number of unbranched alkanes of at least 4 members (excludes halogenated alkanes) is 1. The highest BCUT2D eigenvalue weighted by Crippen LogP contribution is 2.30. The predicted molar refractivity (Wildman–Crippen MR) is 43.8 cm³/mol. The lowest BCUT2D eigenvalue weighted by atomic mass is 10.3. The van der Waals surface area contributed by atoms with Crippen molar-refractivity contribution < 1.29 is 18.3 Å². The summed E-state index contributed by atoms with van der Waals surface area (Å²) in [6.07, 6.45) is -2.97. The molecule has 1 N–H and O–H groups in total. The van der Waals surface area contributed by atoms with Crippen molar-refractivity contribution in [3.8, 4) is 5.88 Å². The Morgan fingerprint density at radius 2 is 2.14 bits per heavy atom. The van der Waals surface area contributed by atoms with E-state index in [4.69, 9.17) is 5.11 Å². The Morgan fingerprint density at radius 1 is 1.50 bits per heavy atom. The molecule has 0 aliphatic heterocycles. The summed E-state index contributed by atoms with van der Waals surface area (Å²) in [5, 5.41) is 12.4. The van der Waals surface area contributed by atoms with E-state index in [-0.39, 0.29) is 0 Å². The van der Waals surface area contributed by atoms with Crippen LogP contribution in [0.25, 0.3) is 0 Å². The van der Waals surface area contributed by atoms with E-state index >= 15 is 0 Å². The Kier molecular flexibility index (Phi) is 3.03. The first-order valence-electron chi connectivity index (χ1n) is 4.29. The van der Waals surface area contributed by atoms with Crippen molar-refractivity contribution in [3.63, 3.8) is 0 Å². The van der Waals surface area contributed by atoms with E-state index in [0.29, 0.717) is 19.0 Å². The first-order valence-corrected chi connectivity index (χ1v) is 4.29. The van der Waals surface area contributed by atoms with Crippen LogP contribution >= 0.6 is 0 Å². The fourth-order valence-electron chi connectivity index (χ4n) is 1.02. The van der Waals surface area contributed by atoms with Gasteiger partial charge in [0.2, 0.25) is 5.88 Å². The molecule has 6 heteroatoms. The maximum absolute atomic E-state index is 12.1. The number of alkyl halides is 3. The molecule has 3 nitrogen and oxygen atoms in total. The van der Waals surface area contributed by atoms with Gasteiger partial charge in [-0.25, -0.2) is 4.68 Å². The molecule has 14 heavy (non-hydrogen) atoms. The molecule has 80 valence electrons. The number of aromatic hydroxyl groups is 1. The Bertz CT molecular complexity index is 306. The van der Waals surface area contributed by atoms with Gasteiger partial charge >= 0.3 is 6.18 Å². The maximum atomic E-state index is 12.1. The zero-order valence-corrected chi connectivity index (χ0v) is 7.67. The van der Waals surface area contributed by atoms with Crippen LogP contribution in [0.1, 0.15) is 25.5 Å². The van der Waals surface area contributed by atoms with E-state index in [1.165, 1.54) is 0 Å². The summed E-state index contributed by atoms with van der Waals surface area (Å²) in [4.78, 5) is 0. The number of hydrogen-bond donors (Lipinski definition) is 1. The van der Waals surface area contributed by atoms with Crippen LogP contribution in [0.15, 0.2) is 6.07 Å². The molecule has 0 fully saturated rings. The third-order valence-electron chi connectivity index (χ3n) is 1.77. The minimum Gasteiger partial charge on any atom is -0.493 e. The van der Waals surface area contributed by atoms with E-state index < -0.39 is 17.8 Å². The second-order valence-electron chi connectivity index (χ2n) is 2.96. The van der Waals surface area contributed by atoms with E-state index in [1.54, 1.807) is 0 Å². The highest BCUT2D eigenvalue weighted by molar-refractivity contribution is 5.16. The van der Waals surface area contributed by atoms with Crippen LogP contribution in [0.2, 0.25) is 0 Å². The van der Waals surface area contributed by atoms with Gasteiger partial charge in [0.1, 0.15) is 0 Å². The van der Waals surface area contributed by atoms with E-state index in [9.17, 15) is 13.2 Å². The maximum Gasteiger partial charge on any atom is 0.435 e. The highest BCUT2D eigenvalue weighted by Gasteiger charge is 2.34. The molecule has 0 amide bonds. The lowest BCUT2D eigenvalue weighted by molar-refractivity contribution is -0.141. The lowest BCUT2D eigenvalue weighted by Gasteiger charge is -2.01. The van der Waals surface area contributed by atoms with Crippen LogP contribution in [0, 0.1) is 0 Å². The standard InChI is InChI=1S/C8H11F3N2O/c1-2-3-4-13-7(14)5-6(12-13)8(9,10)11/h5,14H,2-4H2,1H3. The van der Waals surface area contributed by atoms with Gasteiger partial charge in [0.05, 0.1) is 0 Å². The van der Waals surface area contributed by atoms with Crippen molar-refractivity contribution in [2.75, 3.05) is 0 Å². The zero-order valence-electron chi connectivity index (χ0n) is 7.67. The number of nitrogens with zero attached hydrogens (tertiary/aromatic N) is 2. The highest BCUT2D eigenvalue weighted by atomic mass is 19.4. The summed E-state index contributed by atoms with van der Waals surface area (Å²) in [7, 11) is 0. The van der Waals surface area contributed by atoms with Gasteiger partial charge in [0, 0.05) is 12.6 Å². The summed E-state index contributed by atoms with van der Waals surface area (Å²) in [6, 6.07) is 0.635. The fraction of sp³-hybridized carbons (Fsp3) is 0.625. The van der Waals surface area contributed by atoms with Crippen molar-refractivity contribution >= 4 is 0 Å². The van der Waals surface area contributed by atoms with Crippen LogP contribution in [0.5, 0.6) is 5.88 Å². The second kappa shape index (κ2) is 3.89. The number of aryl methyl sites for hydroxylation is 1. The van der Waals surface area contributed by atoms with Gasteiger partial charge in [0.15, 0.2) is 5.69 Å². The van der Waals surface area contributed by atoms with Crippen molar-refractivity contribution in [2.24, 2.45) is 0 Å². The number of rotatable bonds is 3. The van der Waals surface area contributed by atoms with Crippen LogP contribution in [0.3, 0.4) is 0 Å². The third-order valence-corrected chi connectivity index (χ3v) is 1.77. The number of halogens is 3. The molecular weight excluding hydrogens is 197 g/mol. The molecule has 1 rings (SSSR count). The SMILES string of the molecule is CCCCn1nc(C(F)(F)F)cc1O. The first-order chi connectivity index (χ1) is 6.45. The fourth-order valence-corrected chi connectivity index (χ4v) is 1.02. The van der Waals surface area contributed by atoms with Gasteiger partial charge in [-0.3, -0.25) is 0 Å². The first kappa shape index (κ1) is 10.9. The van der Waals surface area contributed by atoms with Gasteiger partial charge in [-0.15, -0.1) is 0 Å². The molecule has 0 saturated carbocycles. The van der Waals surface area contributed by atoms with E-state index in [1.807, 2.05) is 6.92 Å². The molecule has 1 aromatic heterocycles. The molecule has 0 saturated heterocycles. The Labute approximate surface area is 79.2 Å². The zero-order chi connectivity index (χ0) is 10.8. The van der Waals surface area contributed by atoms with Gasteiger partial charge in [0.25, 0.3) is 0 Å². The number of hydrogen-bond acceptors (Lipinski definition) is 2. The summed E-state index contributed by atoms with van der Waals surface area (Å²) in [5.74, 6) is -0.439. The largest absolute Gasteiger partial charge is 0.493 e. The molecular formula is C8H11F3N2O. The van der Waals surface area contributed by atoms with Crippen LogP contribution in [-0.2, 0) is 12.7 Å². The average Bonchev–Trinajstić information content (AvgIpc) is 2.43. The van der Waals surface area contributed by atoms with Gasteiger partial charge in [-0.05, 0) is 6.42 Å². The molecule has 0 unspecified atom stereocenters. The van der Waals surface area contributed by atoms with Gasteiger partial charge < -0.3 is 5.11 Å². The summed E-state index contributed by atoms with van der Waals surface area (Å²) in [6.45, 7) is 2.21. The smallest absolute Gasteiger partial charge is 0.435 e. The monoisotopic (exact) mass is 208 g/mol. The topological polar surface area (TPSA) is 38.0 Å². The van der Waals surface area contributed by atoms with Crippen LogP contribution in [-0.4, -0.2) is 14.9 Å². The molecule has 0 aliphatic rings. The number of aromatic nitrogens is 2. The molecule has 1 heterocycles. The Balaban J connectivity index is 2.82. The predicted octanol–water partition coefficient (Wildman–Crippen LogP) is 2.41. The lowest BCUT2D eigenvalue weighted by Crippen LogP contribution is -2.08. The average molecular weight is 208 g/mol. The molecule has 0 aromatic carbocycles. The molecule has 0 radical (unpaired) electrons. The minimum atomic E-state index is -4.49. The van der Waals surface area contributed by atoms with E-state index in [2.05, 4.69) is 5.10 Å². The van der Waals surface area contributed by atoms with Crippen LogP contribution < -0.4 is 0 Å². The van der Waals surface area contributed by atoms with Crippen molar-refractivity contribution in [2.45, 2.75) is 32.5 Å². The Hall–Kier alpha value is -1.20. The molecule has 1 aromatic rings. The van der Waals surface area contributed by atoms with Gasteiger partial charge in [-0.2, -0.15) is 18.3 Å². The molecule has 0 aliphatic carbocycles. The molecule has 0 atom stereocenters.